The van der Waals surface area contributed by atoms with Gasteiger partial charge in [0.25, 0.3) is 0 Å². The van der Waals surface area contributed by atoms with Crippen LogP contribution in [0.25, 0.3) is 39.8 Å². The first-order chi connectivity index (χ1) is 18.2. The largest absolute Gasteiger partial charge is 0.293 e. The highest BCUT2D eigenvalue weighted by Gasteiger charge is 2.25. The van der Waals surface area contributed by atoms with Gasteiger partial charge in [0.05, 0.1) is 34.8 Å². The molecule has 1 aliphatic rings. The summed E-state index contributed by atoms with van der Waals surface area (Å²) in [6, 6.07) is 29.6. The maximum Gasteiger partial charge on any atom is 0.156 e. The van der Waals surface area contributed by atoms with Crippen molar-refractivity contribution in [2.24, 2.45) is 0 Å². The van der Waals surface area contributed by atoms with Crippen molar-refractivity contribution in [1.82, 2.24) is 14.5 Å². The molecular weight excluding hydrogens is 472 g/mol. The lowest BCUT2D eigenvalue weighted by Gasteiger charge is -2.31. The third kappa shape index (κ3) is 3.39. The van der Waals surface area contributed by atoms with Crippen molar-refractivity contribution in [3.05, 3.63) is 122 Å². The van der Waals surface area contributed by atoms with E-state index in [1.165, 1.54) is 9.79 Å². The second-order valence-electron chi connectivity index (χ2n) is 8.90. The first-order valence-electron chi connectivity index (χ1n) is 12.1. The highest BCUT2D eigenvalue weighted by atomic mass is 32.2. The molecule has 7 rings (SSSR count). The summed E-state index contributed by atoms with van der Waals surface area (Å²) in [5.41, 5.74) is 6.54. The van der Waals surface area contributed by atoms with Crippen LogP contribution in [-0.2, 0) is 0 Å². The van der Waals surface area contributed by atoms with Crippen molar-refractivity contribution in [3.8, 4) is 5.82 Å². The summed E-state index contributed by atoms with van der Waals surface area (Å²) >= 11 is 1.78. The fourth-order valence-electron chi connectivity index (χ4n) is 5.06. The van der Waals surface area contributed by atoms with Crippen LogP contribution in [0.5, 0.6) is 0 Å². The molecule has 0 fully saturated rings. The average molecular weight is 495 g/mol. The molecule has 0 spiro atoms. The van der Waals surface area contributed by atoms with E-state index in [4.69, 9.17) is 9.97 Å². The molecule has 0 aliphatic carbocycles. The maximum absolute atomic E-state index is 4.94. The van der Waals surface area contributed by atoms with E-state index in [0.29, 0.717) is 0 Å². The summed E-state index contributed by atoms with van der Waals surface area (Å²) in [5, 5.41) is 2.30. The van der Waals surface area contributed by atoms with Gasteiger partial charge in [0.15, 0.2) is 11.6 Å². The molecule has 0 bridgehead atoms. The highest BCUT2D eigenvalue weighted by molar-refractivity contribution is 7.99. The van der Waals surface area contributed by atoms with Crippen LogP contribution in [0.1, 0.15) is 11.1 Å². The summed E-state index contributed by atoms with van der Waals surface area (Å²) < 4.78 is 2.18. The number of aromatic nitrogens is 3. The number of para-hydroxylation sites is 2. The van der Waals surface area contributed by atoms with E-state index in [0.717, 1.165) is 55.9 Å². The van der Waals surface area contributed by atoms with Crippen LogP contribution in [0.2, 0.25) is 0 Å². The van der Waals surface area contributed by atoms with E-state index >= 15 is 0 Å². The van der Waals surface area contributed by atoms with Gasteiger partial charge in [-0.3, -0.25) is 9.47 Å². The zero-order chi connectivity index (χ0) is 24.9. The Kier molecular flexibility index (Phi) is 4.98. The Labute approximate surface area is 219 Å². The van der Waals surface area contributed by atoms with Gasteiger partial charge in [-0.15, -0.1) is 0 Å². The van der Waals surface area contributed by atoms with Gasteiger partial charge in [0.2, 0.25) is 0 Å². The fraction of sp³-hybridized carbons (Fsp3) is 0. The summed E-state index contributed by atoms with van der Waals surface area (Å²) in [4.78, 5) is 14.5. The van der Waals surface area contributed by atoms with Crippen LogP contribution < -0.4 is 4.90 Å². The third-order valence-electron chi connectivity index (χ3n) is 6.80. The minimum absolute atomic E-state index is 0.773. The first-order valence-corrected chi connectivity index (χ1v) is 12.9. The second-order valence-corrected chi connectivity index (χ2v) is 9.99. The quantitative estimate of drug-likeness (QED) is 0.245. The Bertz CT molecular complexity index is 1740. The van der Waals surface area contributed by atoms with E-state index < -0.39 is 0 Å². The molecule has 0 saturated carbocycles. The molecular formula is C32H22N4S. The van der Waals surface area contributed by atoms with E-state index in [9.17, 15) is 0 Å². The molecule has 1 aliphatic heterocycles. The normalized spacial score (nSPS) is 12.4. The Morgan fingerprint density at radius 3 is 1.65 bits per heavy atom. The van der Waals surface area contributed by atoms with E-state index in [2.05, 4.69) is 108 Å². The molecule has 176 valence electrons. The van der Waals surface area contributed by atoms with Crippen molar-refractivity contribution in [2.75, 3.05) is 4.90 Å². The van der Waals surface area contributed by atoms with Crippen molar-refractivity contribution in [2.45, 2.75) is 9.79 Å². The van der Waals surface area contributed by atoms with Crippen LogP contribution in [0.4, 0.5) is 17.2 Å². The number of hydrogen-bond donors (Lipinski definition) is 0. The van der Waals surface area contributed by atoms with Gasteiger partial charge in [-0.25, -0.2) is 9.97 Å². The zero-order valence-electron chi connectivity index (χ0n) is 20.0. The fourth-order valence-corrected chi connectivity index (χ4v) is 6.11. The number of hydrogen-bond acceptors (Lipinski definition) is 4. The van der Waals surface area contributed by atoms with Gasteiger partial charge in [-0.1, -0.05) is 73.5 Å². The first kappa shape index (κ1) is 21.7. The SMILES string of the molecule is C=Cc1ccc2c(c1)c1cc(C=C)ccc1n2-c1cnc(N2c3ccccc3Sc3ccccc32)cn1. The maximum atomic E-state index is 4.94. The molecule has 5 heteroatoms. The van der Waals surface area contributed by atoms with E-state index in [1.54, 1.807) is 11.8 Å². The third-order valence-corrected chi connectivity index (χ3v) is 7.93. The summed E-state index contributed by atoms with van der Waals surface area (Å²) in [5.74, 6) is 1.56. The predicted molar refractivity (Wildman–Crippen MR) is 155 cm³/mol. The minimum atomic E-state index is 0.773. The Morgan fingerprint density at radius 1 is 0.622 bits per heavy atom. The monoisotopic (exact) mass is 494 g/mol. The Balaban J connectivity index is 1.40. The molecule has 37 heavy (non-hydrogen) atoms. The number of fused-ring (bicyclic) bond motifs is 5. The molecule has 0 amide bonds. The van der Waals surface area contributed by atoms with Gasteiger partial charge in [0.1, 0.15) is 0 Å². The average Bonchev–Trinajstić information content (AvgIpc) is 3.28. The van der Waals surface area contributed by atoms with Gasteiger partial charge in [-0.05, 0) is 59.7 Å². The topological polar surface area (TPSA) is 34.0 Å². The lowest BCUT2D eigenvalue weighted by Crippen LogP contribution is -2.16. The van der Waals surface area contributed by atoms with Crippen molar-refractivity contribution >= 4 is 62.9 Å². The number of anilines is 3. The molecule has 6 aromatic rings. The van der Waals surface area contributed by atoms with Crippen LogP contribution in [-0.4, -0.2) is 14.5 Å². The van der Waals surface area contributed by atoms with Gasteiger partial charge in [-0.2, -0.15) is 0 Å². The molecule has 0 N–H and O–H groups in total. The lowest BCUT2D eigenvalue weighted by atomic mass is 10.1. The van der Waals surface area contributed by atoms with Crippen molar-refractivity contribution in [3.63, 3.8) is 0 Å². The number of nitrogens with zero attached hydrogens (tertiary/aromatic N) is 4. The molecule has 0 saturated heterocycles. The number of rotatable bonds is 4. The Hall–Kier alpha value is -4.61. The van der Waals surface area contributed by atoms with E-state index in [-0.39, 0.29) is 0 Å². The second kappa shape index (κ2) is 8.50. The minimum Gasteiger partial charge on any atom is -0.293 e. The summed E-state index contributed by atoms with van der Waals surface area (Å²) in [7, 11) is 0. The van der Waals surface area contributed by atoms with Crippen LogP contribution in [0.3, 0.4) is 0 Å². The Morgan fingerprint density at radius 2 is 1.14 bits per heavy atom. The van der Waals surface area contributed by atoms with Gasteiger partial charge >= 0.3 is 0 Å². The van der Waals surface area contributed by atoms with E-state index in [1.807, 2.05) is 24.5 Å². The smallest absolute Gasteiger partial charge is 0.156 e. The lowest BCUT2D eigenvalue weighted by molar-refractivity contribution is 1.02. The molecule has 3 heterocycles. The summed E-state index contributed by atoms with van der Waals surface area (Å²) in [6.07, 6.45) is 7.49. The number of benzene rings is 4. The predicted octanol–water partition coefficient (Wildman–Crippen LogP) is 8.79. The van der Waals surface area contributed by atoms with Crippen LogP contribution in [0, 0.1) is 0 Å². The van der Waals surface area contributed by atoms with Crippen molar-refractivity contribution < 1.29 is 0 Å². The highest BCUT2D eigenvalue weighted by Crippen LogP contribution is 2.50. The molecule has 0 unspecified atom stereocenters. The standard InChI is InChI=1S/C32H22N4S/c1-3-21-13-15-25-23(17-21)24-18-22(4-2)14-16-26(24)35(25)31-19-34-32(20-33-31)36-27-9-5-7-11-29(27)37-30-12-8-6-10-28(30)36/h3-20H,1-2H2. The molecule has 4 nitrogen and oxygen atoms in total. The van der Waals surface area contributed by atoms with Gasteiger partial charge < -0.3 is 0 Å². The molecule has 2 aromatic heterocycles. The molecule has 0 radical (unpaired) electrons. The molecule has 0 atom stereocenters. The van der Waals surface area contributed by atoms with Crippen LogP contribution >= 0.6 is 11.8 Å². The van der Waals surface area contributed by atoms with Crippen LogP contribution in [0.15, 0.2) is 120 Å². The zero-order valence-corrected chi connectivity index (χ0v) is 20.8. The molecule has 4 aromatic carbocycles. The van der Waals surface area contributed by atoms with Crippen molar-refractivity contribution in [1.29, 1.82) is 0 Å². The van der Waals surface area contributed by atoms with Gasteiger partial charge in [0, 0.05) is 20.6 Å². The summed E-state index contributed by atoms with van der Waals surface area (Å²) in [6.45, 7) is 7.90.